The van der Waals surface area contributed by atoms with E-state index in [2.05, 4.69) is 11.9 Å². The van der Waals surface area contributed by atoms with E-state index in [0.29, 0.717) is 5.69 Å². The second kappa shape index (κ2) is 4.90. The molecule has 0 aliphatic carbocycles. The van der Waals surface area contributed by atoms with E-state index in [0.717, 1.165) is 11.6 Å². The molecule has 2 N–H and O–H groups in total. The maximum absolute atomic E-state index is 11.8. The Hall–Kier alpha value is -2.17. The maximum Gasteiger partial charge on any atom is 0.278 e. The average Bonchev–Trinajstić information content (AvgIpc) is 2.29. The Labute approximate surface area is 85.7 Å². The van der Waals surface area contributed by atoms with Gasteiger partial charge in [0, 0.05) is 11.3 Å². The average molecular weight is 208 g/mol. The van der Waals surface area contributed by atoms with Crippen LogP contribution in [0.5, 0.6) is 0 Å². The molecule has 1 aromatic carbocycles. The van der Waals surface area contributed by atoms with Gasteiger partial charge in [-0.2, -0.15) is 5.54 Å². The lowest BCUT2D eigenvalue weighted by atomic mass is 10.2. The molecular weight excluding hydrogens is 199 g/mol. The van der Waals surface area contributed by atoms with E-state index in [9.17, 15) is 14.1 Å². The first-order valence-corrected chi connectivity index (χ1v) is 4.12. The van der Waals surface area contributed by atoms with Crippen LogP contribution in [0.4, 0.5) is 10.2 Å². The highest BCUT2D eigenvalue weighted by Crippen LogP contribution is 2.09. The minimum atomic E-state index is -0.823. The van der Waals surface area contributed by atoms with Crippen molar-refractivity contribution in [2.45, 2.75) is 0 Å². The fourth-order valence-electron chi connectivity index (χ4n) is 0.953. The van der Waals surface area contributed by atoms with E-state index in [-0.39, 0.29) is 11.5 Å². The number of hydrogen-bond acceptors (Lipinski definition) is 2. The summed E-state index contributed by atoms with van der Waals surface area (Å²) in [6.07, 6.45) is 1.13. The third-order valence-corrected chi connectivity index (χ3v) is 1.69. The minimum Gasteiger partial charge on any atom is -0.323 e. The zero-order chi connectivity index (χ0) is 11.3. The van der Waals surface area contributed by atoms with Crippen LogP contribution in [0.15, 0.2) is 36.9 Å². The van der Waals surface area contributed by atoms with Crippen LogP contribution in [-0.2, 0) is 4.79 Å². The molecule has 4 nitrogen and oxygen atoms in total. The van der Waals surface area contributed by atoms with Gasteiger partial charge in [-0.15, -0.1) is 0 Å². The highest BCUT2D eigenvalue weighted by molar-refractivity contribution is 5.99. The molecule has 0 heterocycles. The molecule has 0 radical (unpaired) electrons. The topological polar surface area (TPSA) is 58.2 Å². The van der Waals surface area contributed by atoms with Gasteiger partial charge in [-0.05, 0) is 30.3 Å². The summed E-state index contributed by atoms with van der Waals surface area (Å²) < 4.78 is 11.8. The molecule has 0 aliphatic heterocycles. The zero-order valence-corrected chi connectivity index (χ0v) is 7.79. The third-order valence-electron chi connectivity index (χ3n) is 1.69. The van der Waals surface area contributed by atoms with Crippen LogP contribution in [0.1, 0.15) is 10.4 Å². The van der Waals surface area contributed by atoms with Gasteiger partial charge >= 0.3 is 0 Å². The fourth-order valence-corrected chi connectivity index (χ4v) is 0.953. The van der Waals surface area contributed by atoms with Gasteiger partial charge in [0.15, 0.2) is 0 Å². The second-order valence-electron chi connectivity index (χ2n) is 2.69. The molecule has 0 fully saturated rings. The van der Waals surface area contributed by atoms with Crippen molar-refractivity contribution in [3.63, 3.8) is 0 Å². The zero-order valence-electron chi connectivity index (χ0n) is 7.79. The first kappa shape index (κ1) is 10.9. The Morgan fingerprint density at radius 2 is 1.87 bits per heavy atom. The van der Waals surface area contributed by atoms with Gasteiger partial charge in [0.1, 0.15) is 0 Å². The molecule has 0 aromatic heterocycles. The Balaban J connectivity index is 2.76. The van der Waals surface area contributed by atoms with Crippen LogP contribution in [0.25, 0.3) is 0 Å². The van der Waals surface area contributed by atoms with E-state index in [1.165, 1.54) is 24.3 Å². The summed E-state index contributed by atoms with van der Waals surface area (Å²) in [6, 6.07) is 5.78. The number of anilines is 1. The van der Waals surface area contributed by atoms with E-state index < -0.39 is 5.91 Å². The van der Waals surface area contributed by atoms with Crippen LogP contribution in [0.3, 0.4) is 0 Å². The highest BCUT2D eigenvalue weighted by Gasteiger charge is 2.04. The number of hydrogen-bond donors (Lipinski definition) is 2. The lowest BCUT2D eigenvalue weighted by molar-refractivity contribution is -0.111. The van der Waals surface area contributed by atoms with Crippen molar-refractivity contribution >= 4 is 17.5 Å². The summed E-state index contributed by atoms with van der Waals surface area (Å²) in [5, 5.41) is 2.49. The summed E-state index contributed by atoms with van der Waals surface area (Å²) >= 11 is 0. The van der Waals surface area contributed by atoms with Crippen LogP contribution in [0, 0.1) is 0 Å². The van der Waals surface area contributed by atoms with Crippen molar-refractivity contribution in [1.29, 1.82) is 0 Å². The summed E-state index contributed by atoms with van der Waals surface area (Å²) in [5.74, 6) is -1.17. The molecule has 2 amide bonds. The van der Waals surface area contributed by atoms with Gasteiger partial charge in [0.05, 0.1) is 0 Å². The lowest BCUT2D eigenvalue weighted by Gasteiger charge is -2.02. The first-order chi connectivity index (χ1) is 7.17. The number of halogens is 1. The smallest absolute Gasteiger partial charge is 0.278 e. The monoisotopic (exact) mass is 208 g/mol. The van der Waals surface area contributed by atoms with Crippen LogP contribution in [0.2, 0.25) is 0 Å². The lowest BCUT2D eigenvalue weighted by Crippen LogP contribution is -2.13. The summed E-state index contributed by atoms with van der Waals surface area (Å²) in [6.45, 7) is 3.29. The SMILES string of the molecule is C=CC(=O)Nc1ccc(C(=O)NF)cc1. The predicted molar refractivity (Wildman–Crippen MR) is 53.8 cm³/mol. The molecule has 1 aromatic rings. The van der Waals surface area contributed by atoms with Crippen molar-refractivity contribution < 1.29 is 14.1 Å². The molecule has 0 unspecified atom stereocenters. The number of carbonyl (C=O) groups excluding carboxylic acids is 2. The van der Waals surface area contributed by atoms with Crippen molar-refractivity contribution in [2.75, 3.05) is 5.32 Å². The van der Waals surface area contributed by atoms with Gasteiger partial charge in [-0.3, -0.25) is 9.59 Å². The molecule has 5 heteroatoms. The minimum absolute atomic E-state index is 0.175. The summed E-state index contributed by atoms with van der Waals surface area (Å²) in [5.41, 5.74) is 1.69. The van der Waals surface area contributed by atoms with Crippen LogP contribution in [-0.4, -0.2) is 11.8 Å². The second-order valence-corrected chi connectivity index (χ2v) is 2.69. The van der Waals surface area contributed by atoms with Crippen molar-refractivity contribution in [3.8, 4) is 0 Å². The molecule has 15 heavy (non-hydrogen) atoms. The first-order valence-electron chi connectivity index (χ1n) is 4.12. The molecule has 0 spiro atoms. The predicted octanol–water partition coefficient (Wildman–Crippen LogP) is 1.43. The van der Waals surface area contributed by atoms with Crippen LogP contribution >= 0.6 is 0 Å². The Bertz CT molecular complexity index is 387. The molecule has 78 valence electrons. The summed E-state index contributed by atoms with van der Waals surface area (Å²) in [4.78, 5) is 21.7. The Morgan fingerprint density at radius 1 is 1.27 bits per heavy atom. The number of carbonyl (C=O) groups is 2. The van der Waals surface area contributed by atoms with Gasteiger partial charge < -0.3 is 5.32 Å². The normalized spacial score (nSPS) is 9.13. The van der Waals surface area contributed by atoms with E-state index in [1.807, 2.05) is 0 Å². The van der Waals surface area contributed by atoms with Gasteiger partial charge in [-0.25, -0.2) is 0 Å². The van der Waals surface area contributed by atoms with Crippen molar-refractivity contribution in [1.82, 2.24) is 5.54 Å². The highest BCUT2D eigenvalue weighted by atomic mass is 19.2. The number of nitrogens with one attached hydrogen (secondary N) is 2. The van der Waals surface area contributed by atoms with E-state index in [1.54, 1.807) is 0 Å². The summed E-state index contributed by atoms with van der Waals surface area (Å²) in [7, 11) is 0. The standard InChI is InChI=1S/C10H9FN2O2/c1-2-9(14)12-8-5-3-7(4-6-8)10(15)13-11/h2-6H,1H2,(H,12,14)(H,13,15). The number of amides is 2. The largest absolute Gasteiger partial charge is 0.323 e. The Morgan fingerprint density at radius 3 is 2.33 bits per heavy atom. The molecule has 0 saturated heterocycles. The van der Waals surface area contributed by atoms with Crippen molar-refractivity contribution in [2.24, 2.45) is 0 Å². The van der Waals surface area contributed by atoms with E-state index in [4.69, 9.17) is 0 Å². The molecule has 0 saturated carbocycles. The van der Waals surface area contributed by atoms with Crippen molar-refractivity contribution in [3.05, 3.63) is 42.5 Å². The molecule has 1 rings (SSSR count). The molecule has 0 aliphatic rings. The maximum atomic E-state index is 11.8. The van der Waals surface area contributed by atoms with Crippen LogP contribution < -0.4 is 10.9 Å². The van der Waals surface area contributed by atoms with Gasteiger partial charge in [-0.1, -0.05) is 11.1 Å². The third kappa shape index (κ3) is 2.91. The molecule has 0 bridgehead atoms. The Kier molecular flexibility index (Phi) is 3.56. The van der Waals surface area contributed by atoms with Gasteiger partial charge in [0.25, 0.3) is 5.91 Å². The number of benzene rings is 1. The van der Waals surface area contributed by atoms with Gasteiger partial charge in [0.2, 0.25) is 5.91 Å². The number of rotatable bonds is 3. The quantitative estimate of drug-likeness (QED) is 0.583. The molecular formula is C10H9FN2O2. The fraction of sp³-hybridized carbons (Fsp3) is 0. The molecule has 0 atom stereocenters. The van der Waals surface area contributed by atoms with E-state index >= 15 is 0 Å².